The summed E-state index contributed by atoms with van der Waals surface area (Å²) in [7, 11) is -3.60. The molecule has 1 N–H and O–H groups in total. The number of aryl methyl sites for hydroxylation is 2. The van der Waals surface area contributed by atoms with E-state index < -0.39 is 10.0 Å². The van der Waals surface area contributed by atoms with E-state index in [-0.39, 0.29) is 43.7 Å². The van der Waals surface area contributed by atoms with Gasteiger partial charge < -0.3 is 10.2 Å². The highest BCUT2D eigenvalue weighted by Gasteiger charge is 2.31. The molecule has 1 unspecified atom stereocenters. The van der Waals surface area contributed by atoms with Gasteiger partial charge in [0.25, 0.3) is 0 Å². The van der Waals surface area contributed by atoms with Crippen LogP contribution in [0.3, 0.4) is 0 Å². The minimum atomic E-state index is -3.60. The Balaban J connectivity index is 1.45. The molecule has 2 aromatic carbocycles. The Morgan fingerprint density at radius 3 is 2.29 bits per heavy atom. The van der Waals surface area contributed by atoms with E-state index in [2.05, 4.69) is 24.4 Å². The second-order valence-corrected chi connectivity index (χ2v) is 10.8. The zero-order chi connectivity index (χ0) is 24.7. The first kappa shape index (κ1) is 25.9. The molecule has 1 atom stereocenters. The summed E-state index contributed by atoms with van der Waals surface area (Å²) in [5, 5.41) is 2.95. The van der Waals surface area contributed by atoms with E-state index in [1.54, 1.807) is 17.9 Å². The monoisotopic (exact) mass is 485 g/mol. The van der Waals surface area contributed by atoms with Crippen molar-refractivity contribution >= 4 is 21.8 Å². The Morgan fingerprint density at radius 2 is 1.65 bits per heavy atom. The highest BCUT2D eigenvalue weighted by Crippen LogP contribution is 2.23. The lowest BCUT2D eigenvalue weighted by Gasteiger charge is -2.34. The van der Waals surface area contributed by atoms with E-state index in [1.807, 2.05) is 37.3 Å². The number of benzene rings is 2. The maximum Gasteiger partial charge on any atom is 0.243 e. The molecule has 0 spiro atoms. The summed E-state index contributed by atoms with van der Waals surface area (Å²) in [6, 6.07) is 15.5. The second-order valence-electron chi connectivity index (χ2n) is 8.87. The molecular formula is C26H35N3O4S. The van der Waals surface area contributed by atoms with Crippen LogP contribution >= 0.6 is 0 Å². The molecule has 8 heteroatoms. The van der Waals surface area contributed by atoms with Gasteiger partial charge in [0.15, 0.2) is 0 Å². The van der Waals surface area contributed by atoms with Gasteiger partial charge in [0.1, 0.15) is 0 Å². The number of rotatable bonds is 9. The summed E-state index contributed by atoms with van der Waals surface area (Å²) >= 11 is 0. The Kier molecular flexibility index (Phi) is 8.85. The van der Waals surface area contributed by atoms with E-state index in [0.29, 0.717) is 30.1 Å². The van der Waals surface area contributed by atoms with Crippen molar-refractivity contribution in [1.82, 2.24) is 14.5 Å². The average Bonchev–Trinajstić information content (AvgIpc) is 2.85. The standard InChI is InChI=1S/C26H35N3O4S/c1-4-22(23-8-6-5-7-9-23)19-27-25(30)12-13-26(31)28-14-16-29(17-15-28)34(32,33)24-18-20(2)10-11-21(24)3/h5-11,18,22H,4,12-17,19H2,1-3H3,(H,27,30). The normalized spacial score (nSPS) is 15.7. The summed E-state index contributed by atoms with van der Waals surface area (Å²) in [6.07, 6.45) is 1.17. The van der Waals surface area contributed by atoms with Crippen molar-refractivity contribution < 1.29 is 18.0 Å². The third-order valence-electron chi connectivity index (χ3n) is 6.43. The molecule has 1 heterocycles. The summed E-state index contributed by atoms with van der Waals surface area (Å²) in [4.78, 5) is 26.9. The van der Waals surface area contributed by atoms with Crippen molar-refractivity contribution in [3.8, 4) is 0 Å². The van der Waals surface area contributed by atoms with Crippen LogP contribution in [-0.2, 0) is 19.6 Å². The molecule has 1 saturated heterocycles. The average molecular weight is 486 g/mol. The number of hydrogen-bond acceptors (Lipinski definition) is 4. The van der Waals surface area contributed by atoms with Crippen LogP contribution in [0.1, 0.15) is 48.8 Å². The molecule has 3 rings (SSSR count). The van der Waals surface area contributed by atoms with Gasteiger partial charge in [-0.25, -0.2) is 8.42 Å². The molecule has 1 aliphatic rings. The number of hydrogen-bond donors (Lipinski definition) is 1. The van der Waals surface area contributed by atoms with E-state index in [1.165, 1.54) is 9.87 Å². The molecule has 7 nitrogen and oxygen atoms in total. The Labute approximate surface area is 203 Å². The predicted octanol–water partition coefficient (Wildman–Crippen LogP) is 3.23. The number of carbonyl (C=O) groups is 2. The summed E-state index contributed by atoms with van der Waals surface area (Å²) in [5.74, 6) is -0.0131. The fourth-order valence-electron chi connectivity index (χ4n) is 4.23. The quantitative estimate of drug-likeness (QED) is 0.591. The summed E-state index contributed by atoms with van der Waals surface area (Å²) < 4.78 is 27.6. The van der Waals surface area contributed by atoms with E-state index >= 15 is 0 Å². The number of sulfonamides is 1. The Hall–Kier alpha value is -2.71. The van der Waals surface area contributed by atoms with Crippen LogP contribution in [0.25, 0.3) is 0 Å². The summed E-state index contributed by atoms with van der Waals surface area (Å²) in [6.45, 7) is 7.46. The van der Waals surface area contributed by atoms with Gasteiger partial charge in [0.2, 0.25) is 21.8 Å². The first-order chi connectivity index (χ1) is 16.2. The van der Waals surface area contributed by atoms with Crippen molar-refractivity contribution in [3.05, 3.63) is 65.2 Å². The minimum absolute atomic E-state index is 0.117. The zero-order valence-electron chi connectivity index (χ0n) is 20.3. The van der Waals surface area contributed by atoms with Crippen LogP contribution in [0.4, 0.5) is 0 Å². The minimum Gasteiger partial charge on any atom is -0.355 e. The molecule has 0 bridgehead atoms. The smallest absolute Gasteiger partial charge is 0.243 e. The van der Waals surface area contributed by atoms with Gasteiger partial charge in [-0.05, 0) is 43.0 Å². The summed E-state index contributed by atoms with van der Waals surface area (Å²) in [5.41, 5.74) is 2.80. The SMILES string of the molecule is CCC(CNC(=O)CCC(=O)N1CCN(S(=O)(=O)c2cc(C)ccc2C)CC1)c1ccccc1. The number of piperazine rings is 1. The van der Waals surface area contributed by atoms with Crippen LogP contribution in [0.2, 0.25) is 0 Å². The number of nitrogens with zero attached hydrogens (tertiary/aromatic N) is 2. The maximum atomic E-state index is 13.1. The lowest BCUT2D eigenvalue weighted by Crippen LogP contribution is -2.50. The highest BCUT2D eigenvalue weighted by molar-refractivity contribution is 7.89. The number of carbonyl (C=O) groups excluding carboxylic acids is 2. The fourth-order valence-corrected chi connectivity index (χ4v) is 5.96. The number of amides is 2. The van der Waals surface area contributed by atoms with Crippen LogP contribution in [0.5, 0.6) is 0 Å². The van der Waals surface area contributed by atoms with Gasteiger partial charge in [-0.15, -0.1) is 0 Å². The molecule has 1 aliphatic heterocycles. The zero-order valence-corrected chi connectivity index (χ0v) is 21.1. The van der Waals surface area contributed by atoms with Crippen LogP contribution in [-0.4, -0.2) is 62.2 Å². The van der Waals surface area contributed by atoms with Gasteiger partial charge in [-0.1, -0.05) is 49.4 Å². The Bertz CT molecular complexity index is 1090. The van der Waals surface area contributed by atoms with Gasteiger partial charge in [0, 0.05) is 51.5 Å². The van der Waals surface area contributed by atoms with Crippen molar-refractivity contribution in [1.29, 1.82) is 0 Å². The van der Waals surface area contributed by atoms with Gasteiger partial charge in [-0.3, -0.25) is 9.59 Å². The third-order valence-corrected chi connectivity index (χ3v) is 8.47. The molecular weight excluding hydrogens is 450 g/mol. The third kappa shape index (κ3) is 6.45. The van der Waals surface area contributed by atoms with Crippen molar-refractivity contribution in [2.45, 2.75) is 50.8 Å². The molecule has 0 saturated carbocycles. The molecule has 1 fully saturated rings. The van der Waals surface area contributed by atoms with Gasteiger partial charge >= 0.3 is 0 Å². The van der Waals surface area contributed by atoms with Gasteiger partial charge in [-0.2, -0.15) is 4.31 Å². The molecule has 2 amide bonds. The molecule has 34 heavy (non-hydrogen) atoms. The molecule has 0 aromatic heterocycles. The lowest BCUT2D eigenvalue weighted by molar-refractivity contribution is -0.134. The van der Waals surface area contributed by atoms with Crippen molar-refractivity contribution in [3.63, 3.8) is 0 Å². The molecule has 2 aromatic rings. The predicted molar refractivity (Wildman–Crippen MR) is 133 cm³/mol. The van der Waals surface area contributed by atoms with Gasteiger partial charge in [0.05, 0.1) is 4.90 Å². The largest absolute Gasteiger partial charge is 0.355 e. The maximum absolute atomic E-state index is 13.1. The first-order valence-electron chi connectivity index (χ1n) is 11.9. The Morgan fingerprint density at radius 1 is 0.971 bits per heavy atom. The fraction of sp³-hybridized carbons (Fsp3) is 0.462. The van der Waals surface area contributed by atoms with Crippen LogP contribution < -0.4 is 5.32 Å². The van der Waals surface area contributed by atoms with Crippen molar-refractivity contribution in [2.75, 3.05) is 32.7 Å². The van der Waals surface area contributed by atoms with Crippen LogP contribution in [0.15, 0.2) is 53.4 Å². The molecule has 184 valence electrons. The lowest BCUT2D eigenvalue weighted by atomic mass is 9.96. The molecule has 0 aliphatic carbocycles. The van der Waals surface area contributed by atoms with E-state index in [0.717, 1.165) is 12.0 Å². The van der Waals surface area contributed by atoms with E-state index in [9.17, 15) is 18.0 Å². The highest BCUT2D eigenvalue weighted by atomic mass is 32.2. The van der Waals surface area contributed by atoms with Crippen LogP contribution in [0, 0.1) is 13.8 Å². The van der Waals surface area contributed by atoms with E-state index in [4.69, 9.17) is 0 Å². The topological polar surface area (TPSA) is 86.8 Å². The molecule has 0 radical (unpaired) electrons. The second kappa shape index (κ2) is 11.6. The van der Waals surface area contributed by atoms with Crippen molar-refractivity contribution in [2.24, 2.45) is 0 Å². The first-order valence-corrected chi connectivity index (χ1v) is 13.3. The number of nitrogens with one attached hydrogen (secondary N) is 1.